The Labute approximate surface area is 88.0 Å². The lowest BCUT2D eigenvalue weighted by molar-refractivity contribution is 0.567. The van der Waals surface area contributed by atoms with Gasteiger partial charge in [-0.3, -0.25) is 5.10 Å². The van der Waals surface area contributed by atoms with Crippen LogP contribution in [-0.4, -0.2) is 10.2 Å². The predicted octanol–water partition coefficient (Wildman–Crippen LogP) is 3.44. The maximum absolute atomic E-state index is 4.31. The van der Waals surface area contributed by atoms with Crippen LogP contribution in [0.5, 0.6) is 0 Å². The van der Waals surface area contributed by atoms with E-state index in [4.69, 9.17) is 0 Å². The van der Waals surface area contributed by atoms with E-state index < -0.39 is 0 Å². The number of hydrogen-bond acceptors (Lipinski definition) is 2. The first-order valence-corrected chi connectivity index (χ1v) is 5.60. The molecule has 0 radical (unpaired) electrons. The summed E-state index contributed by atoms with van der Waals surface area (Å²) in [6.45, 7) is 6.54. The van der Waals surface area contributed by atoms with Crippen LogP contribution in [-0.2, 0) is 5.41 Å². The van der Waals surface area contributed by atoms with Crippen LogP contribution in [0.4, 0.5) is 0 Å². The minimum absolute atomic E-state index is 0.140. The molecule has 2 aromatic heterocycles. The molecule has 0 saturated heterocycles. The van der Waals surface area contributed by atoms with Crippen LogP contribution >= 0.6 is 11.3 Å². The van der Waals surface area contributed by atoms with Gasteiger partial charge in [-0.25, -0.2) is 0 Å². The molecule has 14 heavy (non-hydrogen) atoms. The highest BCUT2D eigenvalue weighted by atomic mass is 32.1. The number of thiophene rings is 1. The van der Waals surface area contributed by atoms with Gasteiger partial charge in [-0.1, -0.05) is 20.8 Å². The molecule has 0 aliphatic heterocycles. The van der Waals surface area contributed by atoms with Crippen molar-refractivity contribution < 1.29 is 0 Å². The Hall–Kier alpha value is -1.09. The van der Waals surface area contributed by atoms with Crippen LogP contribution in [0.2, 0.25) is 0 Å². The smallest absolute Gasteiger partial charge is 0.0932 e. The van der Waals surface area contributed by atoms with E-state index in [9.17, 15) is 0 Å². The van der Waals surface area contributed by atoms with Crippen molar-refractivity contribution >= 4 is 11.3 Å². The van der Waals surface area contributed by atoms with Crippen molar-refractivity contribution in [2.45, 2.75) is 26.2 Å². The molecule has 1 N–H and O–H groups in total. The van der Waals surface area contributed by atoms with E-state index in [2.05, 4.69) is 53.9 Å². The second-order valence-electron chi connectivity index (χ2n) is 4.43. The van der Waals surface area contributed by atoms with Crippen LogP contribution < -0.4 is 0 Å². The van der Waals surface area contributed by atoms with Gasteiger partial charge in [0.25, 0.3) is 0 Å². The Morgan fingerprint density at radius 3 is 2.64 bits per heavy atom. The molecule has 2 heterocycles. The third kappa shape index (κ3) is 1.73. The van der Waals surface area contributed by atoms with Crippen molar-refractivity contribution in [3.05, 3.63) is 28.6 Å². The summed E-state index contributed by atoms with van der Waals surface area (Å²) in [5.74, 6) is 0. The molecule has 0 fully saturated rings. The second kappa shape index (κ2) is 3.24. The number of aromatic amines is 1. The fourth-order valence-electron chi connectivity index (χ4n) is 1.26. The number of H-pyrrole nitrogens is 1. The summed E-state index contributed by atoms with van der Waals surface area (Å²) in [5.41, 5.74) is 3.55. The zero-order valence-corrected chi connectivity index (χ0v) is 9.48. The Balaban J connectivity index is 2.36. The third-order valence-corrected chi connectivity index (χ3v) is 2.89. The molecule has 2 aromatic rings. The molecule has 0 saturated carbocycles. The summed E-state index contributed by atoms with van der Waals surface area (Å²) in [7, 11) is 0. The Morgan fingerprint density at radius 1 is 1.36 bits per heavy atom. The number of aromatic nitrogens is 2. The first-order chi connectivity index (χ1) is 6.57. The second-order valence-corrected chi connectivity index (χ2v) is 5.21. The summed E-state index contributed by atoms with van der Waals surface area (Å²) in [6.07, 6.45) is 0. The van der Waals surface area contributed by atoms with Gasteiger partial charge in [-0.15, -0.1) is 0 Å². The quantitative estimate of drug-likeness (QED) is 0.760. The van der Waals surface area contributed by atoms with Gasteiger partial charge in [-0.05, 0) is 17.5 Å². The van der Waals surface area contributed by atoms with Gasteiger partial charge in [0, 0.05) is 22.1 Å². The van der Waals surface area contributed by atoms with Gasteiger partial charge in [0.05, 0.1) is 5.69 Å². The van der Waals surface area contributed by atoms with E-state index in [-0.39, 0.29) is 5.41 Å². The molecule has 0 atom stereocenters. The molecule has 0 spiro atoms. The lowest BCUT2D eigenvalue weighted by Gasteiger charge is -2.14. The van der Waals surface area contributed by atoms with Gasteiger partial charge in [0.15, 0.2) is 0 Å². The summed E-state index contributed by atoms with van der Waals surface area (Å²) in [6, 6.07) is 4.22. The van der Waals surface area contributed by atoms with Crippen molar-refractivity contribution in [3.8, 4) is 11.3 Å². The number of hydrogen-bond donors (Lipinski definition) is 1. The topological polar surface area (TPSA) is 28.7 Å². The number of rotatable bonds is 1. The third-order valence-electron chi connectivity index (χ3n) is 2.20. The van der Waals surface area contributed by atoms with E-state index >= 15 is 0 Å². The fraction of sp³-hybridized carbons (Fsp3) is 0.364. The molecule has 0 aromatic carbocycles. The maximum atomic E-state index is 4.31. The average molecular weight is 206 g/mol. The minimum atomic E-state index is 0.140. The van der Waals surface area contributed by atoms with Gasteiger partial charge in [0.2, 0.25) is 0 Å². The lowest BCUT2D eigenvalue weighted by atomic mass is 9.92. The van der Waals surface area contributed by atoms with Gasteiger partial charge in [-0.2, -0.15) is 16.4 Å². The van der Waals surface area contributed by atoms with Crippen molar-refractivity contribution in [1.29, 1.82) is 0 Å². The lowest BCUT2D eigenvalue weighted by Crippen LogP contribution is -2.11. The van der Waals surface area contributed by atoms with Crippen LogP contribution in [0.3, 0.4) is 0 Å². The molecule has 2 nitrogen and oxygen atoms in total. The van der Waals surface area contributed by atoms with Crippen molar-refractivity contribution in [1.82, 2.24) is 10.2 Å². The van der Waals surface area contributed by atoms with E-state index in [1.807, 2.05) is 0 Å². The normalized spacial score (nSPS) is 11.9. The van der Waals surface area contributed by atoms with Crippen LogP contribution in [0.1, 0.15) is 26.5 Å². The standard InChI is InChI=1S/C11H14N2S/c1-11(2,3)10-6-9(12-13-10)8-4-5-14-7-8/h4-7H,1-3H3,(H,12,13). The van der Waals surface area contributed by atoms with E-state index in [1.165, 1.54) is 11.3 Å². The Bertz CT molecular complexity index is 407. The van der Waals surface area contributed by atoms with E-state index in [1.54, 1.807) is 11.3 Å². The predicted molar refractivity (Wildman–Crippen MR) is 60.6 cm³/mol. The summed E-state index contributed by atoms with van der Waals surface area (Å²) in [5, 5.41) is 11.6. The molecule has 0 aliphatic rings. The molecular formula is C11H14N2S. The van der Waals surface area contributed by atoms with E-state index in [0.717, 1.165) is 5.69 Å². The molecule has 0 aliphatic carbocycles. The summed E-state index contributed by atoms with van der Waals surface area (Å²) >= 11 is 1.70. The molecule has 74 valence electrons. The highest BCUT2D eigenvalue weighted by Gasteiger charge is 2.16. The zero-order valence-electron chi connectivity index (χ0n) is 8.66. The Morgan fingerprint density at radius 2 is 2.14 bits per heavy atom. The zero-order chi connectivity index (χ0) is 10.2. The van der Waals surface area contributed by atoms with Gasteiger partial charge < -0.3 is 0 Å². The molecule has 3 heteroatoms. The minimum Gasteiger partial charge on any atom is -0.281 e. The van der Waals surface area contributed by atoms with Crippen LogP contribution in [0.25, 0.3) is 11.3 Å². The van der Waals surface area contributed by atoms with Crippen molar-refractivity contribution in [2.75, 3.05) is 0 Å². The van der Waals surface area contributed by atoms with Gasteiger partial charge in [0.1, 0.15) is 0 Å². The molecular weight excluding hydrogens is 192 g/mol. The number of nitrogens with one attached hydrogen (secondary N) is 1. The fourth-order valence-corrected chi connectivity index (χ4v) is 1.91. The largest absolute Gasteiger partial charge is 0.281 e. The highest BCUT2D eigenvalue weighted by Crippen LogP contribution is 2.26. The molecule has 0 amide bonds. The Kier molecular flexibility index (Phi) is 2.19. The van der Waals surface area contributed by atoms with Crippen molar-refractivity contribution in [3.63, 3.8) is 0 Å². The number of nitrogens with zero attached hydrogens (tertiary/aromatic N) is 1. The first kappa shape index (κ1) is 9.46. The van der Waals surface area contributed by atoms with E-state index in [0.29, 0.717) is 0 Å². The monoisotopic (exact) mass is 206 g/mol. The average Bonchev–Trinajstić information content (AvgIpc) is 2.73. The molecule has 0 bridgehead atoms. The van der Waals surface area contributed by atoms with Gasteiger partial charge >= 0.3 is 0 Å². The summed E-state index contributed by atoms with van der Waals surface area (Å²) in [4.78, 5) is 0. The van der Waals surface area contributed by atoms with Crippen molar-refractivity contribution in [2.24, 2.45) is 0 Å². The molecule has 2 rings (SSSR count). The van der Waals surface area contributed by atoms with Crippen LogP contribution in [0.15, 0.2) is 22.9 Å². The van der Waals surface area contributed by atoms with Crippen LogP contribution in [0, 0.1) is 0 Å². The summed E-state index contributed by atoms with van der Waals surface area (Å²) < 4.78 is 0. The highest BCUT2D eigenvalue weighted by molar-refractivity contribution is 7.08. The SMILES string of the molecule is CC(C)(C)c1cc(-c2ccsc2)n[nH]1. The maximum Gasteiger partial charge on any atom is 0.0932 e. The molecule has 0 unspecified atom stereocenters. The first-order valence-electron chi connectivity index (χ1n) is 4.66.